The van der Waals surface area contributed by atoms with Crippen LogP contribution in [-0.2, 0) is 19.1 Å². The van der Waals surface area contributed by atoms with E-state index in [2.05, 4.69) is 9.97 Å². The predicted molar refractivity (Wildman–Crippen MR) is 85.8 cm³/mol. The normalized spacial score (nSPS) is 12.1. The Morgan fingerprint density at radius 3 is 2.60 bits per heavy atom. The second kappa shape index (κ2) is 6.61. The average molecular weight is 373 g/mol. The molecule has 2 N–H and O–H groups in total. The molecule has 0 radical (unpaired) electrons. The number of hydrogen-bond donors (Lipinski definition) is 1. The van der Waals surface area contributed by atoms with Gasteiger partial charge in [0.2, 0.25) is 5.28 Å². The molecule has 0 saturated carbocycles. The third-order valence-electron chi connectivity index (χ3n) is 3.74. The summed E-state index contributed by atoms with van der Waals surface area (Å²) in [5.41, 5.74) is 5.71. The van der Waals surface area contributed by atoms with Crippen molar-refractivity contribution in [2.75, 3.05) is 6.54 Å². The first-order valence-corrected chi connectivity index (χ1v) is 7.74. The number of hydrogen-bond acceptors (Lipinski definition) is 3. The molecule has 0 aliphatic heterocycles. The summed E-state index contributed by atoms with van der Waals surface area (Å²) in [7, 11) is 0. The maximum atomic E-state index is 13.4. The number of fused-ring (bicyclic) bond motifs is 1. The van der Waals surface area contributed by atoms with Crippen LogP contribution in [0.25, 0.3) is 11.0 Å². The number of benzene rings is 1. The van der Waals surface area contributed by atoms with Gasteiger partial charge in [0.25, 0.3) is 0 Å². The first-order valence-electron chi connectivity index (χ1n) is 7.36. The summed E-state index contributed by atoms with van der Waals surface area (Å²) in [4.78, 5) is 8.28. The number of nitrogens with zero attached hydrogens (tertiary/aromatic N) is 3. The largest absolute Gasteiger partial charge is 0.419 e. The highest BCUT2D eigenvalue weighted by atomic mass is 35.5. The fourth-order valence-electron chi connectivity index (χ4n) is 2.64. The number of halogens is 5. The highest BCUT2D eigenvalue weighted by Crippen LogP contribution is 2.32. The fraction of sp³-hybridized carbons (Fsp3) is 0.250. The van der Waals surface area contributed by atoms with Crippen LogP contribution in [0.4, 0.5) is 17.6 Å². The molecule has 0 fully saturated rings. The van der Waals surface area contributed by atoms with Gasteiger partial charge in [-0.05, 0) is 41.9 Å². The number of alkyl halides is 3. The summed E-state index contributed by atoms with van der Waals surface area (Å²) in [5, 5.41) is 0.763. The highest BCUT2D eigenvalue weighted by molar-refractivity contribution is 6.28. The van der Waals surface area contributed by atoms with Crippen molar-refractivity contribution in [2.45, 2.75) is 19.1 Å². The fourth-order valence-corrected chi connectivity index (χ4v) is 2.82. The van der Waals surface area contributed by atoms with Crippen LogP contribution < -0.4 is 5.73 Å². The van der Waals surface area contributed by atoms with Crippen LogP contribution in [-0.4, -0.2) is 21.1 Å². The summed E-state index contributed by atoms with van der Waals surface area (Å²) < 4.78 is 53.6. The molecule has 0 amide bonds. The lowest BCUT2D eigenvalue weighted by atomic mass is 10.1. The zero-order valence-electron chi connectivity index (χ0n) is 12.8. The summed E-state index contributed by atoms with van der Waals surface area (Å²) in [6, 6.07) is 4.67. The topological polar surface area (TPSA) is 56.7 Å². The minimum atomic E-state index is -4.75. The minimum Gasteiger partial charge on any atom is -0.330 e. The molecule has 1 aromatic carbocycles. The molecule has 0 atom stereocenters. The van der Waals surface area contributed by atoms with E-state index < -0.39 is 17.6 Å². The van der Waals surface area contributed by atoms with E-state index in [4.69, 9.17) is 17.3 Å². The summed E-state index contributed by atoms with van der Waals surface area (Å²) in [6.45, 7) is 0.461. The maximum absolute atomic E-state index is 13.4. The lowest BCUT2D eigenvalue weighted by Crippen LogP contribution is -2.10. The Balaban J connectivity index is 2.02. The molecular formula is C16H13ClF4N4. The molecule has 0 spiro atoms. The van der Waals surface area contributed by atoms with E-state index in [1.807, 2.05) is 0 Å². The molecule has 9 heteroatoms. The van der Waals surface area contributed by atoms with E-state index in [9.17, 15) is 17.6 Å². The van der Waals surface area contributed by atoms with Crippen LogP contribution >= 0.6 is 11.6 Å². The van der Waals surface area contributed by atoms with Crippen LogP contribution in [0.15, 0.2) is 30.5 Å². The van der Waals surface area contributed by atoms with Crippen LogP contribution in [0.1, 0.15) is 16.8 Å². The average Bonchev–Trinajstić information content (AvgIpc) is 2.91. The molecule has 0 aliphatic rings. The first kappa shape index (κ1) is 17.6. The Bertz CT molecular complexity index is 920. The standard InChI is InChI=1S/C16H13ClF4N4/c17-15-23-13(3-5-22)10-4-6-25(14(10)24-15)8-9-1-2-12(18)11(7-9)16(19,20)21/h1-2,4,6-7H,3,5,8,22H2. The third-order valence-corrected chi connectivity index (χ3v) is 3.91. The number of aromatic nitrogens is 3. The number of nitrogens with two attached hydrogens (primary N) is 1. The van der Waals surface area contributed by atoms with E-state index in [1.165, 1.54) is 6.07 Å². The Morgan fingerprint density at radius 2 is 1.92 bits per heavy atom. The lowest BCUT2D eigenvalue weighted by molar-refractivity contribution is -0.140. The second-order valence-corrected chi connectivity index (χ2v) is 5.81. The van der Waals surface area contributed by atoms with Gasteiger partial charge >= 0.3 is 6.18 Å². The Labute approximate surface area is 145 Å². The monoisotopic (exact) mass is 372 g/mol. The summed E-state index contributed by atoms with van der Waals surface area (Å²) >= 11 is 5.92. The van der Waals surface area contributed by atoms with Crippen molar-refractivity contribution in [1.29, 1.82) is 0 Å². The van der Waals surface area contributed by atoms with Crippen LogP contribution in [0.3, 0.4) is 0 Å². The zero-order chi connectivity index (χ0) is 18.2. The SMILES string of the molecule is NCCc1nc(Cl)nc2c1ccn2Cc1ccc(F)c(C(F)(F)F)c1. The van der Waals surface area contributed by atoms with Gasteiger partial charge in [-0.25, -0.2) is 9.37 Å². The van der Waals surface area contributed by atoms with Gasteiger partial charge < -0.3 is 10.3 Å². The van der Waals surface area contributed by atoms with Gasteiger partial charge in [0.05, 0.1) is 11.3 Å². The van der Waals surface area contributed by atoms with E-state index in [0.29, 0.717) is 29.9 Å². The van der Waals surface area contributed by atoms with E-state index in [-0.39, 0.29) is 11.8 Å². The van der Waals surface area contributed by atoms with Crippen molar-refractivity contribution < 1.29 is 17.6 Å². The quantitative estimate of drug-likeness (QED) is 0.560. The highest BCUT2D eigenvalue weighted by Gasteiger charge is 2.34. The van der Waals surface area contributed by atoms with Crippen LogP contribution in [0, 0.1) is 5.82 Å². The smallest absolute Gasteiger partial charge is 0.330 e. The van der Waals surface area contributed by atoms with Gasteiger partial charge in [-0.15, -0.1) is 0 Å². The van der Waals surface area contributed by atoms with Crippen molar-refractivity contribution in [3.63, 3.8) is 0 Å². The summed E-state index contributed by atoms with van der Waals surface area (Å²) in [5.74, 6) is -1.30. The van der Waals surface area contributed by atoms with Gasteiger partial charge in [0.1, 0.15) is 11.5 Å². The molecular weight excluding hydrogens is 360 g/mol. The molecule has 0 saturated heterocycles. The maximum Gasteiger partial charge on any atom is 0.419 e. The zero-order valence-corrected chi connectivity index (χ0v) is 13.6. The van der Waals surface area contributed by atoms with Crippen LogP contribution in [0.2, 0.25) is 5.28 Å². The first-order chi connectivity index (χ1) is 11.8. The Kier molecular flexibility index (Phi) is 4.66. The van der Waals surface area contributed by atoms with Crippen LogP contribution in [0.5, 0.6) is 0 Å². The van der Waals surface area contributed by atoms with Gasteiger partial charge in [-0.1, -0.05) is 6.07 Å². The molecule has 3 aromatic rings. The third kappa shape index (κ3) is 3.59. The predicted octanol–water partition coefficient (Wildman–Crippen LogP) is 3.79. The Morgan fingerprint density at radius 1 is 1.16 bits per heavy atom. The molecule has 2 aromatic heterocycles. The van der Waals surface area contributed by atoms with Gasteiger partial charge in [0.15, 0.2) is 0 Å². The second-order valence-electron chi connectivity index (χ2n) is 5.47. The van der Waals surface area contributed by atoms with E-state index in [1.54, 1.807) is 16.8 Å². The molecule has 0 bridgehead atoms. The van der Waals surface area contributed by atoms with E-state index >= 15 is 0 Å². The van der Waals surface area contributed by atoms with Crippen molar-refractivity contribution in [1.82, 2.24) is 14.5 Å². The van der Waals surface area contributed by atoms with Crippen molar-refractivity contribution in [2.24, 2.45) is 5.73 Å². The van der Waals surface area contributed by atoms with Crippen molar-refractivity contribution in [3.05, 3.63) is 58.4 Å². The van der Waals surface area contributed by atoms with Gasteiger partial charge in [-0.3, -0.25) is 0 Å². The molecule has 3 rings (SSSR count). The minimum absolute atomic E-state index is 0.0333. The van der Waals surface area contributed by atoms with Gasteiger partial charge in [0, 0.05) is 24.5 Å². The molecule has 132 valence electrons. The lowest BCUT2D eigenvalue weighted by Gasteiger charge is -2.11. The molecule has 25 heavy (non-hydrogen) atoms. The Hall–Kier alpha value is -2.19. The number of rotatable bonds is 4. The van der Waals surface area contributed by atoms with E-state index in [0.717, 1.165) is 17.5 Å². The van der Waals surface area contributed by atoms with Gasteiger partial charge in [-0.2, -0.15) is 18.2 Å². The molecule has 0 aliphatic carbocycles. The molecule has 4 nitrogen and oxygen atoms in total. The molecule has 2 heterocycles. The summed E-state index contributed by atoms with van der Waals surface area (Å²) in [6.07, 6.45) is -2.58. The van der Waals surface area contributed by atoms with Crippen molar-refractivity contribution in [3.8, 4) is 0 Å². The van der Waals surface area contributed by atoms with Crippen molar-refractivity contribution >= 4 is 22.6 Å². The molecule has 0 unspecified atom stereocenters.